The van der Waals surface area contributed by atoms with Gasteiger partial charge in [0.1, 0.15) is 0 Å². The predicted molar refractivity (Wildman–Crippen MR) is 57.1 cm³/mol. The van der Waals surface area contributed by atoms with Crippen molar-refractivity contribution in [3.63, 3.8) is 0 Å². The fourth-order valence-electron chi connectivity index (χ4n) is 0.158. The van der Waals surface area contributed by atoms with E-state index >= 15 is 0 Å². The van der Waals surface area contributed by atoms with E-state index in [4.69, 9.17) is 16.6 Å². The molecule has 0 aromatic carbocycles. The monoisotopic (exact) mass is 202 g/mol. The molecule has 6 nitrogen and oxygen atoms in total. The average molecular weight is 202 g/mol. The second-order valence-electron chi connectivity index (χ2n) is 3.07. The van der Waals surface area contributed by atoms with Crippen molar-refractivity contribution in [3.05, 3.63) is 0 Å². The Hall–Kier alpha value is -1.59. The van der Waals surface area contributed by atoms with E-state index in [2.05, 4.69) is 10.2 Å². The molecule has 0 saturated heterocycles. The summed E-state index contributed by atoms with van der Waals surface area (Å²) in [6.45, 7) is 6.91. The first-order valence-electron chi connectivity index (χ1n) is 4.10. The fraction of sp³-hybridized carbons (Fsp3) is 0.625. The van der Waals surface area contributed by atoms with Crippen LogP contribution in [0.5, 0.6) is 0 Å². The molecule has 0 unspecified atom stereocenters. The van der Waals surface area contributed by atoms with Gasteiger partial charge in [0, 0.05) is 5.71 Å². The van der Waals surface area contributed by atoms with Crippen molar-refractivity contribution in [3.8, 4) is 0 Å². The lowest BCUT2D eigenvalue weighted by Gasteiger charge is -1.89. The van der Waals surface area contributed by atoms with Crippen molar-refractivity contribution < 1.29 is 9.90 Å². The Morgan fingerprint density at radius 3 is 1.64 bits per heavy atom. The van der Waals surface area contributed by atoms with E-state index in [1.165, 1.54) is 0 Å². The highest BCUT2D eigenvalue weighted by Gasteiger charge is 1.99. The van der Waals surface area contributed by atoms with Gasteiger partial charge in [-0.05, 0) is 13.8 Å². The molecule has 0 aromatic rings. The first kappa shape index (κ1) is 14.9. The summed E-state index contributed by atoms with van der Waals surface area (Å²) >= 11 is 0. The Morgan fingerprint density at radius 1 is 1.21 bits per heavy atom. The molecule has 0 bridgehead atoms. The minimum atomic E-state index is -0.741. The van der Waals surface area contributed by atoms with Crippen molar-refractivity contribution in [2.24, 2.45) is 27.6 Å². The molecular formula is C8H18N4O2. The molecule has 0 fully saturated rings. The van der Waals surface area contributed by atoms with Gasteiger partial charge >= 0.3 is 5.97 Å². The van der Waals surface area contributed by atoms with E-state index in [0.717, 1.165) is 5.71 Å². The summed E-state index contributed by atoms with van der Waals surface area (Å²) in [4.78, 5) is 9.70. The Labute approximate surface area is 83.7 Å². The minimum absolute atomic E-state index is 0.00815. The van der Waals surface area contributed by atoms with Crippen molar-refractivity contribution in [2.45, 2.75) is 27.7 Å². The van der Waals surface area contributed by atoms with E-state index in [9.17, 15) is 4.79 Å². The molecule has 0 radical (unpaired) electrons. The summed E-state index contributed by atoms with van der Waals surface area (Å²) in [6.07, 6.45) is 0. The summed E-state index contributed by atoms with van der Waals surface area (Å²) in [7, 11) is 0. The number of rotatable bonds is 2. The van der Waals surface area contributed by atoms with Crippen LogP contribution in [0.2, 0.25) is 0 Å². The molecule has 0 aromatic heterocycles. The van der Waals surface area contributed by atoms with Crippen LogP contribution in [0.25, 0.3) is 0 Å². The van der Waals surface area contributed by atoms with Crippen molar-refractivity contribution in [1.29, 1.82) is 0 Å². The first-order chi connectivity index (χ1) is 6.27. The highest BCUT2D eigenvalue weighted by molar-refractivity contribution is 5.81. The van der Waals surface area contributed by atoms with Gasteiger partial charge in [-0.1, -0.05) is 13.8 Å². The zero-order chi connectivity index (χ0) is 11.7. The molecule has 0 heterocycles. The van der Waals surface area contributed by atoms with E-state index in [0.29, 0.717) is 0 Å². The number of carbonyl (C=O) groups is 1. The SMILES string of the molecule is CC(C)=NN=C(N)N.CC(C)C(=O)O. The highest BCUT2D eigenvalue weighted by Crippen LogP contribution is 1.87. The first-order valence-corrected chi connectivity index (χ1v) is 4.10. The summed E-state index contributed by atoms with van der Waals surface area (Å²) in [5.41, 5.74) is 10.8. The molecular weight excluding hydrogens is 184 g/mol. The molecule has 0 aliphatic carbocycles. The van der Waals surface area contributed by atoms with Crippen molar-refractivity contribution in [1.82, 2.24) is 0 Å². The van der Waals surface area contributed by atoms with Crippen molar-refractivity contribution in [2.75, 3.05) is 0 Å². The molecule has 0 amide bonds. The minimum Gasteiger partial charge on any atom is -0.481 e. The fourth-order valence-corrected chi connectivity index (χ4v) is 0.158. The molecule has 0 aliphatic heterocycles. The third kappa shape index (κ3) is 16.8. The molecule has 6 heteroatoms. The van der Waals surface area contributed by atoms with Crippen LogP contribution in [0, 0.1) is 5.92 Å². The maximum Gasteiger partial charge on any atom is 0.305 e. The van der Waals surface area contributed by atoms with Gasteiger partial charge in [0.25, 0.3) is 0 Å². The van der Waals surface area contributed by atoms with E-state index in [1.54, 1.807) is 13.8 Å². The van der Waals surface area contributed by atoms with E-state index < -0.39 is 5.97 Å². The smallest absolute Gasteiger partial charge is 0.305 e. The van der Waals surface area contributed by atoms with Gasteiger partial charge in [-0.3, -0.25) is 4.79 Å². The number of hydrogen-bond donors (Lipinski definition) is 3. The number of aliphatic carboxylic acids is 1. The molecule has 0 atom stereocenters. The Bertz CT molecular complexity index is 209. The third-order valence-corrected chi connectivity index (χ3v) is 0.859. The van der Waals surface area contributed by atoms with Crippen LogP contribution in [0.4, 0.5) is 0 Å². The van der Waals surface area contributed by atoms with Crippen LogP contribution in [0.3, 0.4) is 0 Å². The number of hydrogen-bond acceptors (Lipinski definition) is 3. The zero-order valence-corrected chi connectivity index (χ0v) is 8.98. The normalized spacial score (nSPS) is 8.36. The Morgan fingerprint density at radius 2 is 1.57 bits per heavy atom. The number of carboxylic acids is 1. The summed E-state index contributed by atoms with van der Waals surface area (Å²) in [5, 5.41) is 15.0. The van der Waals surface area contributed by atoms with Crippen LogP contribution in [0.1, 0.15) is 27.7 Å². The standard InChI is InChI=1S/C4H10N4.C4H8O2/c1-3(2)7-8-4(5)6;1-3(2)4(5)6/h1-2H3,(H4,5,6,8);3H,1-2H3,(H,5,6). The molecule has 5 N–H and O–H groups in total. The lowest BCUT2D eigenvalue weighted by molar-refractivity contribution is -0.140. The van der Waals surface area contributed by atoms with Gasteiger partial charge in [-0.2, -0.15) is 5.10 Å². The quantitative estimate of drug-likeness (QED) is 0.341. The van der Waals surface area contributed by atoms with Gasteiger partial charge in [-0.15, -0.1) is 5.10 Å². The highest BCUT2D eigenvalue weighted by atomic mass is 16.4. The number of guanidine groups is 1. The zero-order valence-electron chi connectivity index (χ0n) is 8.98. The van der Waals surface area contributed by atoms with Gasteiger partial charge < -0.3 is 16.6 Å². The second-order valence-corrected chi connectivity index (χ2v) is 3.07. The van der Waals surface area contributed by atoms with Crippen LogP contribution in [-0.4, -0.2) is 22.7 Å². The maximum atomic E-state index is 9.70. The number of nitrogens with zero attached hydrogens (tertiary/aromatic N) is 2. The van der Waals surface area contributed by atoms with E-state index in [1.807, 2.05) is 13.8 Å². The largest absolute Gasteiger partial charge is 0.481 e. The average Bonchev–Trinajstić information content (AvgIpc) is 2.01. The maximum absolute atomic E-state index is 9.70. The number of nitrogens with two attached hydrogens (primary N) is 2. The topological polar surface area (TPSA) is 114 Å². The summed E-state index contributed by atoms with van der Waals surface area (Å²) in [6, 6.07) is 0. The van der Waals surface area contributed by atoms with Gasteiger partial charge in [0.2, 0.25) is 5.96 Å². The van der Waals surface area contributed by atoms with E-state index in [-0.39, 0.29) is 11.9 Å². The lowest BCUT2D eigenvalue weighted by atomic mass is 10.2. The van der Waals surface area contributed by atoms with Crippen molar-refractivity contribution >= 4 is 17.6 Å². The molecule has 14 heavy (non-hydrogen) atoms. The Kier molecular flexibility index (Phi) is 8.55. The van der Waals surface area contributed by atoms with Gasteiger partial charge in [-0.25, -0.2) is 0 Å². The van der Waals surface area contributed by atoms with Crippen LogP contribution in [0.15, 0.2) is 10.2 Å². The van der Waals surface area contributed by atoms with Gasteiger partial charge in [0.15, 0.2) is 0 Å². The molecule has 0 saturated carbocycles. The third-order valence-electron chi connectivity index (χ3n) is 0.859. The van der Waals surface area contributed by atoms with Crippen LogP contribution in [-0.2, 0) is 4.79 Å². The van der Waals surface area contributed by atoms with Gasteiger partial charge in [0.05, 0.1) is 5.92 Å². The summed E-state index contributed by atoms with van der Waals surface area (Å²) in [5.74, 6) is -0.980. The molecule has 0 aliphatic rings. The van der Waals surface area contributed by atoms with Crippen LogP contribution >= 0.6 is 0 Å². The predicted octanol–water partition coefficient (Wildman–Crippen LogP) is 0.383. The number of carboxylic acid groups (broad SMARTS) is 1. The summed E-state index contributed by atoms with van der Waals surface area (Å²) < 4.78 is 0. The Balaban J connectivity index is 0. The molecule has 82 valence electrons. The molecule has 0 spiro atoms. The lowest BCUT2D eigenvalue weighted by Crippen LogP contribution is -2.21. The second kappa shape index (κ2) is 8.03. The molecule has 0 rings (SSSR count). The van der Waals surface area contributed by atoms with Crippen LogP contribution < -0.4 is 11.5 Å².